The van der Waals surface area contributed by atoms with Crippen molar-refractivity contribution >= 4 is 65.6 Å². The maximum Gasteiger partial charge on any atom is 0.472 e. The number of hydrogen-bond acceptors (Lipinski definition) is 0. The van der Waals surface area contributed by atoms with Crippen LogP contribution in [0.3, 0.4) is 0 Å². The van der Waals surface area contributed by atoms with Gasteiger partial charge in [-0.3, -0.25) is 0 Å². The molecule has 0 aliphatic carbocycles. The summed E-state index contributed by atoms with van der Waals surface area (Å²) in [5.41, 5.74) is 0. The predicted octanol–water partition coefficient (Wildman–Crippen LogP) is -1.41. The Labute approximate surface area is 131 Å². The molecule has 0 heterocycles. The minimum absolute atomic E-state index is 0. The van der Waals surface area contributed by atoms with E-state index in [1.165, 1.54) is 0 Å². The SMILES string of the molecule is [BaH2].[F][AlH2].[Gd].[Zr]. The van der Waals surface area contributed by atoms with Gasteiger partial charge < -0.3 is 3.52 Å². The molecule has 5 heteroatoms. The molecule has 0 fully saturated rings. The summed E-state index contributed by atoms with van der Waals surface area (Å²) in [7, 11) is 0. The number of hydrogen-bond donors (Lipinski definition) is 0. The Kier molecular flexibility index (Phi) is 110. The first kappa shape index (κ1) is 22.8. The minimum atomic E-state index is -0.194. The van der Waals surface area contributed by atoms with Crippen molar-refractivity contribution in [3.05, 3.63) is 0 Å². The Morgan fingerprint density at radius 3 is 1.20 bits per heavy atom. The Hall–Kier alpha value is 4.24. The smallest absolute Gasteiger partial charge is 0.430 e. The molecule has 0 aromatic rings. The third-order valence-corrected chi connectivity index (χ3v) is 0. The van der Waals surface area contributed by atoms with Crippen molar-refractivity contribution in [3.63, 3.8) is 0 Å². The van der Waals surface area contributed by atoms with Crippen LogP contribution in [0, 0.1) is 39.9 Å². The monoisotopic (exact) mass is 436 g/mol. The van der Waals surface area contributed by atoms with Crippen LogP contribution < -0.4 is 0 Å². The van der Waals surface area contributed by atoms with Gasteiger partial charge in [0.05, 0.1) is 0 Å². The topological polar surface area (TPSA) is 0 Å². The maximum absolute atomic E-state index is 9.64. The van der Waals surface area contributed by atoms with Crippen LogP contribution in [0.15, 0.2) is 0 Å². The molecule has 0 aromatic carbocycles. The van der Waals surface area contributed by atoms with Gasteiger partial charge in [0.25, 0.3) is 0 Å². The van der Waals surface area contributed by atoms with E-state index in [-0.39, 0.29) is 132 Å². The molecule has 0 aromatic heterocycles. The Balaban J connectivity index is -0.00000000167. The van der Waals surface area contributed by atoms with Gasteiger partial charge >= 0.3 is 65.6 Å². The third kappa shape index (κ3) is 17.8. The summed E-state index contributed by atoms with van der Waals surface area (Å²) in [5.74, 6) is 0. The summed E-state index contributed by atoms with van der Waals surface area (Å²) >= 11 is -0.194. The van der Waals surface area contributed by atoms with Gasteiger partial charge in [0.2, 0.25) is 0 Å². The second kappa shape index (κ2) is 24.0. The first-order chi connectivity index (χ1) is 1.00. The molecule has 0 aliphatic heterocycles. The van der Waals surface area contributed by atoms with Gasteiger partial charge in [-0.2, -0.15) is 0 Å². The second-order valence-corrected chi connectivity index (χ2v) is 0. The van der Waals surface area contributed by atoms with Crippen molar-refractivity contribution in [1.82, 2.24) is 0 Å². The molecule has 0 saturated carbocycles. The maximum atomic E-state index is 9.64. The van der Waals surface area contributed by atoms with Crippen LogP contribution in [0.5, 0.6) is 0 Å². The molecule has 0 N–H and O–H groups in total. The standard InChI is InChI=1S/Al.Ba.FH.Gd.Zr.4H/h;;1H;;;;;;/q+1;;;;;;;;/p-1. The molecule has 0 atom stereocenters. The predicted molar refractivity (Wildman–Crippen MR) is 18.2 cm³/mol. The fourth-order valence-corrected chi connectivity index (χ4v) is 0. The summed E-state index contributed by atoms with van der Waals surface area (Å²) in [4.78, 5) is 0. The Morgan fingerprint density at radius 1 is 1.20 bits per heavy atom. The van der Waals surface area contributed by atoms with Crippen LogP contribution in [0.1, 0.15) is 0 Å². The summed E-state index contributed by atoms with van der Waals surface area (Å²) in [6, 6.07) is 0. The van der Waals surface area contributed by atoms with Crippen molar-refractivity contribution in [2.45, 2.75) is 0 Å². The number of halogens is 1. The zero-order valence-electron chi connectivity index (χ0n) is 2.23. The van der Waals surface area contributed by atoms with E-state index in [0.717, 1.165) is 0 Å². The molecular formula is H4AlBaFGdZr. The van der Waals surface area contributed by atoms with Crippen molar-refractivity contribution in [2.75, 3.05) is 0 Å². The first-order valence-electron chi connectivity index (χ1n) is 0.378. The zero-order chi connectivity index (χ0) is 2.00. The van der Waals surface area contributed by atoms with E-state index in [2.05, 4.69) is 0 Å². The average Bonchev–Trinajstić information content (AvgIpc) is 1.00. The molecular weight excluding hydrogens is 432 g/mol. The molecule has 0 amide bonds. The van der Waals surface area contributed by atoms with Gasteiger partial charge in [-0.05, 0) is 0 Å². The van der Waals surface area contributed by atoms with E-state index >= 15 is 0 Å². The first-order valence-corrected chi connectivity index (χ1v) is 1.13. The fourth-order valence-electron chi connectivity index (χ4n) is 0. The van der Waals surface area contributed by atoms with Gasteiger partial charge in [-0.15, -0.1) is 0 Å². The zero-order valence-corrected chi connectivity index (χ0v) is 8.96. The van der Waals surface area contributed by atoms with E-state index in [1.807, 2.05) is 0 Å². The van der Waals surface area contributed by atoms with Gasteiger partial charge in [-0.1, -0.05) is 0 Å². The van der Waals surface area contributed by atoms with Crippen molar-refractivity contribution in [1.29, 1.82) is 0 Å². The van der Waals surface area contributed by atoms with Crippen molar-refractivity contribution < 1.29 is 69.7 Å². The summed E-state index contributed by atoms with van der Waals surface area (Å²) in [5, 5.41) is 0. The van der Waals surface area contributed by atoms with Gasteiger partial charge in [0.15, 0.2) is 0 Å². The van der Waals surface area contributed by atoms with Crippen molar-refractivity contribution in [3.8, 4) is 0 Å². The molecule has 0 spiro atoms. The quantitative estimate of drug-likeness (QED) is 0.410. The fraction of sp³-hybridized carbons (Fsp3) is 0. The van der Waals surface area contributed by atoms with Gasteiger partial charge in [-0.25, -0.2) is 0 Å². The Bertz CT molecular complexity index is 11.6. The van der Waals surface area contributed by atoms with Crippen LogP contribution in [-0.2, 0) is 26.2 Å². The van der Waals surface area contributed by atoms with Crippen LogP contribution >= 0.6 is 0 Å². The van der Waals surface area contributed by atoms with Crippen LogP contribution in [0.4, 0.5) is 3.52 Å². The van der Waals surface area contributed by atoms with E-state index in [0.29, 0.717) is 0 Å². The Morgan fingerprint density at radius 2 is 1.20 bits per heavy atom. The molecule has 0 saturated heterocycles. The van der Waals surface area contributed by atoms with E-state index in [4.69, 9.17) is 0 Å². The summed E-state index contributed by atoms with van der Waals surface area (Å²) < 4.78 is 9.64. The largest absolute Gasteiger partial charge is 0.472 e. The normalized spacial score (nSPS) is 1.00. The molecule has 0 unspecified atom stereocenters. The second-order valence-electron chi connectivity index (χ2n) is 0. The molecule has 0 rings (SSSR count). The molecule has 28 valence electrons. The average molecular weight is 436 g/mol. The molecule has 0 nitrogen and oxygen atoms in total. The number of rotatable bonds is 0. The van der Waals surface area contributed by atoms with Gasteiger partial charge in [0.1, 0.15) is 0 Å². The van der Waals surface area contributed by atoms with E-state index in [9.17, 15) is 3.52 Å². The van der Waals surface area contributed by atoms with Crippen LogP contribution in [0.25, 0.3) is 0 Å². The van der Waals surface area contributed by atoms with Crippen LogP contribution in [0.2, 0.25) is 0 Å². The summed E-state index contributed by atoms with van der Waals surface area (Å²) in [6.45, 7) is 0. The molecule has 0 radical (unpaired) electrons. The molecule has 0 aliphatic rings. The van der Waals surface area contributed by atoms with E-state index < -0.39 is 0 Å². The molecule has 5 heavy (non-hydrogen) atoms. The van der Waals surface area contributed by atoms with Crippen molar-refractivity contribution in [2.24, 2.45) is 0 Å². The minimum Gasteiger partial charge on any atom is -0.430 e. The van der Waals surface area contributed by atoms with E-state index in [1.54, 1.807) is 0 Å². The third-order valence-electron chi connectivity index (χ3n) is 0. The molecule has 0 bridgehead atoms. The van der Waals surface area contributed by atoms with Gasteiger partial charge in [0, 0.05) is 66.1 Å². The summed E-state index contributed by atoms with van der Waals surface area (Å²) in [6.07, 6.45) is 0. The van der Waals surface area contributed by atoms with Crippen LogP contribution in [-0.4, -0.2) is 65.6 Å².